The van der Waals surface area contributed by atoms with Gasteiger partial charge >= 0.3 is 5.97 Å². The van der Waals surface area contributed by atoms with E-state index in [4.69, 9.17) is 24.0 Å². The fourth-order valence-corrected chi connectivity index (χ4v) is 7.02. The van der Waals surface area contributed by atoms with Crippen molar-refractivity contribution in [3.8, 4) is 6.07 Å². The lowest BCUT2D eigenvalue weighted by Gasteiger charge is -2.59. The lowest BCUT2D eigenvalue weighted by molar-refractivity contribution is -0.576. The Balaban J connectivity index is 1.22. The average Bonchev–Trinajstić information content (AvgIpc) is 3.13. The van der Waals surface area contributed by atoms with Crippen LogP contribution in [0.25, 0.3) is 0 Å². The number of carbonyl (C=O) groups excluding carboxylic acids is 2. The molecule has 4 aliphatic heterocycles. The molecule has 5 fully saturated rings. The van der Waals surface area contributed by atoms with Crippen molar-refractivity contribution in [2.45, 2.75) is 89.3 Å². The van der Waals surface area contributed by atoms with Crippen LogP contribution in [0.5, 0.6) is 0 Å². The number of amides is 1. The number of ether oxygens (including phenoxy) is 3. The highest BCUT2D eigenvalue weighted by Crippen LogP contribution is 2.60. The Hall–Kier alpha value is -2.03. The predicted octanol–water partition coefficient (Wildman–Crippen LogP) is 5.00. The molecule has 4 saturated heterocycles. The van der Waals surface area contributed by atoms with Gasteiger partial charge in [-0.2, -0.15) is 5.26 Å². The van der Waals surface area contributed by atoms with Crippen molar-refractivity contribution >= 4 is 27.8 Å². The number of hydrogen-bond acceptors (Lipinski definition) is 8. The van der Waals surface area contributed by atoms with Crippen molar-refractivity contribution in [1.82, 2.24) is 4.90 Å². The molecule has 1 amide bonds. The Bertz CT molecular complexity index is 1110. The number of carbonyl (C=O) groups is 2. The van der Waals surface area contributed by atoms with Gasteiger partial charge < -0.3 is 19.1 Å². The van der Waals surface area contributed by atoms with Gasteiger partial charge in [-0.05, 0) is 55.7 Å². The van der Waals surface area contributed by atoms with E-state index < -0.39 is 36.0 Å². The van der Waals surface area contributed by atoms with E-state index in [-0.39, 0.29) is 36.5 Å². The third-order valence-electron chi connectivity index (χ3n) is 8.98. The van der Waals surface area contributed by atoms with Gasteiger partial charge in [-0.25, -0.2) is 9.78 Å². The number of benzene rings is 1. The molecule has 1 aromatic carbocycles. The van der Waals surface area contributed by atoms with Crippen LogP contribution >= 0.6 is 15.9 Å². The second-order valence-corrected chi connectivity index (χ2v) is 12.3. The first-order chi connectivity index (χ1) is 18.1. The molecular formula is C28H35BrN2O7. The van der Waals surface area contributed by atoms with Crippen molar-refractivity contribution in [3.05, 3.63) is 34.3 Å². The van der Waals surface area contributed by atoms with Gasteiger partial charge in [0.2, 0.25) is 18.0 Å². The maximum Gasteiger partial charge on any atom is 0.308 e. The van der Waals surface area contributed by atoms with Crippen molar-refractivity contribution in [2.24, 2.45) is 23.7 Å². The fourth-order valence-electron chi connectivity index (χ4n) is 6.75. The number of halogens is 1. The topological polar surface area (TPSA) is 107 Å². The van der Waals surface area contributed by atoms with E-state index >= 15 is 0 Å². The Kier molecular flexibility index (Phi) is 7.61. The quantitative estimate of drug-likeness (QED) is 0.336. The summed E-state index contributed by atoms with van der Waals surface area (Å²) in [6.45, 7) is 6.11. The highest BCUT2D eigenvalue weighted by Gasteiger charge is 2.69. The Morgan fingerprint density at radius 3 is 2.61 bits per heavy atom. The molecule has 1 aliphatic carbocycles. The minimum atomic E-state index is -0.907. The van der Waals surface area contributed by atoms with Crippen molar-refractivity contribution < 1.29 is 33.6 Å². The molecule has 9 nitrogen and oxygen atoms in total. The molecular weight excluding hydrogens is 556 g/mol. The zero-order chi connectivity index (χ0) is 27.2. The van der Waals surface area contributed by atoms with Gasteiger partial charge in [0.05, 0.1) is 12.5 Å². The molecule has 0 N–H and O–H groups in total. The Morgan fingerprint density at radius 1 is 1.16 bits per heavy atom. The summed E-state index contributed by atoms with van der Waals surface area (Å²) in [5.74, 6) is -1.19. The number of nitriles is 1. The second-order valence-electron chi connectivity index (χ2n) is 11.4. The highest BCUT2D eigenvalue weighted by atomic mass is 79.9. The normalized spacial score (nSPS) is 38.3. The number of rotatable bonds is 6. The maximum atomic E-state index is 12.9. The van der Waals surface area contributed by atoms with Crippen molar-refractivity contribution in [3.63, 3.8) is 0 Å². The minimum absolute atomic E-state index is 0.0398. The minimum Gasteiger partial charge on any atom is -0.435 e. The van der Waals surface area contributed by atoms with Crippen LogP contribution in [-0.2, 0) is 33.6 Å². The fraction of sp³-hybridized carbons (Fsp3) is 0.679. The number of hydrogen-bond donors (Lipinski definition) is 0. The Morgan fingerprint density at radius 2 is 1.89 bits per heavy atom. The maximum absolute atomic E-state index is 12.9. The van der Waals surface area contributed by atoms with Gasteiger partial charge in [0.1, 0.15) is 6.04 Å². The van der Waals surface area contributed by atoms with Crippen LogP contribution in [0.15, 0.2) is 28.7 Å². The van der Waals surface area contributed by atoms with Crippen LogP contribution in [0.1, 0.15) is 70.9 Å². The monoisotopic (exact) mass is 590 g/mol. The van der Waals surface area contributed by atoms with E-state index in [9.17, 15) is 14.9 Å². The molecule has 0 aromatic heterocycles. The van der Waals surface area contributed by atoms with Crippen LogP contribution in [0.4, 0.5) is 0 Å². The van der Waals surface area contributed by atoms with E-state index in [1.807, 2.05) is 26.0 Å². The van der Waals surface area contributed by atoms with Crippen LogP contribution < -0.4 is 0 Å². The van der Waals surface area contributed by atoms with Gasteiger partial charge in [0, 0.05) is 36.2 Å². The van der Waals surface area contributed by atoms with Crippen molar-refractivity contribution in [1.29, 1.82) is 5.26 Å². The lowest BCUT2D eigenvalue weighted by atomic mass is 9.58. The second kappa shape index (κ2) is 10.5. The third-order valence-corrected chi connectivity index (χ3v) is 9.51. The van der Waals surface area contributed by atoms with Gasteiger partial charge in [-0.15, -0.1) is 0 Å². The zero-order valence-corrected chi connectivity index (χ0v) is 23.8. The average molecular weight is 591 g/mol. The molecule has 1 aromatic rings. The standard InChI is InChI=1S/C28H35BrN2O7/c1-16-5-10-21-17(2)25(35-26-28(21)20(16)13-14-27(3,36-26)37-38-28)34-24(33)12-11-23(32)31(4)22(15-30)18-6-8-19(29)9-7-18/h6-9,16-17,20-22,25-26H,5,10-14H2,1-4H3/t16-,17-,20?,21?,22?,25-,26-,27+,28-/m1/s1. The molecule has 1 spiro atoms. The first-order valence-electron chi connectivity index (χ1n) is 13.4. The summed E-state index contributed by atoms with van der Waals surface area (Å²) in [6, 6.07) is 8.64. The summed E-state index contributed by atoms with van der Waals surface area (Å²) in [7, 11) is 1.57. The summed E-state index contributed by atoms with van der Waals surface area (Å²) in [5, 5.41) is 9.66. The van der Waals surface area contributed by atoms with Gasteiger partial charge in [-0.3, -0.25) is 9.59 Å². The molecule has 10 heteroatoms. The number of nitrogens with zero attached hydrogens (tertiary/aromatic N) is 2. The van der Waals surface area contributed by atoms with Crippen LogP contribution in [0.3, 0.4) is 0 Å². The summed E-state index contributed by atoms with van der Waals surface area (Å²) in [4.78, 5) is 39.0. The molecule has 1 saturated carbocycles. The molecule has 5 aliphatic rings. The van der Waals surface area contributed by atoms with E-state index in [1.165, 1.54) is 4.90 Å². The van der Waals surface area contributed by atoms with E-state index in [0.29, 0.717) is 17.9 Å². The van der Waals surface area contributed by atoms with E-state index in [1.54, 1.807) is 19.2 Å². The van der Waals surface area contributed by atoms with E-state index in [0.717, 1.165) is 23.7 Å². The van der Waals surface area contributed by atoms with Gasteiger partial charge in [0.15, 0.2) is 11.9 Å². The third kappa shape index (κ3) is 4.77. The smallest absolute Gasteiger partial charge is 0.308 e. The summed E-state index contributed by atoms with van der Waals surface area (Å²) >= 11 is 3.37. The van der Waals surface area contributed by atoms with Gasteiger partial charge in [-0.1, -0.05) is 41.9 Å². The van der Waals surface area contributed by atoms with Crippen LogP contribution in [0, 0.1) is 35.0 Å². The predicted molar refractivity (Wildman–Crippen MR) is 137 cm³/mol. The molecule has 9 atom stereocenters. The first kappa shape index (κ1) is 27.5. The summed E-state index contributed by atoms with van der Waals surface area (Å²) in [5.41, 5.74) is -0.0289. The molecule has 0 radical (unpaired) electrons. The lowest BCUT2D eigenvalue weighted by Crippen LogP contribution is -2.70. The first-order valence-corrected chi connectivity index (χ1v) is 14.2. The SMILES string of the molecule is C[C@@H]1CCC2[C@@H](C)[C@H](OC(=O)CCC(=O)N(C)C(C#N)c3ccc(Br)cc3)O[C@@H]3O[C@]4(C)CCC1[C@@]23OO4. The highest BCUT2D eigenvalue weighted by molar-refractivity contribution is 9.10. The number of fused-ring (bicyclic) bond motifs is 2. The largest absolute Gasteiger partial charge is 0.435 e. The molecule has 4 heterocycles. The Labute approximate surface area is 231 Å². The molecule has 2 bridgehead atoms. The number of esters is 1. The molecule has 6 rings (SSSR count). The molecule has 38 heavy (non-hydrogen) atoms. The molecule has 206 valence electrons. The summed E-state index contributed by atoms with van der Waals surface area (Å²) in [6.07, 6.45) is 1.86. The van der Waals surface area contributed by atoms with Crippen LogP contribution in [0.2, 0.25) is 0 Å². The zero-order valence-electron chi connectivity index (χ0n) is 22.2. The summed E-state index contributed by atoms with van der Waals surface area (Å²) < 4.78 is 19.3. The van der Waals surface area contributed by atoms with E-state index in [2.05, 4.69) is 28.9 Å². The van der Waals surface area contributed by atoms with Gasteiger partial charge in [0.25, 0.3) is 0 Å². The molecule has 3 unspecified atom stereocenters. The van der Waals surface area contributed by atoms with Crippen molar-refractivity contribution in [2.75, 3.05) is 7.05 Å². The van der Waals surface area contributed by atoms with Crippen LogP contribution in [-0.4, -0.2) is 47.8 Å².